The summed E-state index contributed by atoms with van der Waals surface area (Å²) in [4.78, 5) is 15.0. The highest BCUT2D eigenvalue weighted by molar-refractivity contribution is 7.89. The van der Waals surface area contributed by atoms with Gasteiger partial charge < -0.3 is 14.4 Å². The SMILES string of the molecule is CC1CN(S(=O)(=O)c2ccc(C(=O)N(CCC#N)C3CCOCC3)cc2)CC(C)O1. The van der Waals surface area contributed by atoms with Crippen molar-refractivity contribution >= 4 is 15.9 Å². The van der Waals surface area contributed by atoms with Gasteiger partial charge in [0.1, 0.15) is 0 Å². The summed E-state index contributed by atoms with van der Waals surface area (Å²) in [6.07, 6.45) is 1.38. The Morgan fingerprint density at radius 3 is 2.33 bits per heavy atom. The van der Waals surface area contributed by atoms with E-state index in [0.717, 1.165) is 12.8 Å². The van der Waals surface area contributed by atoms with E-state index >= 15 is 0 Å². The van der Waals surface area contributed by atoms with Gasteiger partial charge in [-0.05, 0) is 51.0 Å². The van der Waals surface area contributed by atoms with E-state index in [1.54, 1.807) is 17.0 Å². The van der Waals surface area contributed by atoms with Gasteiger partial charge in [-0.3, -0.25) is 4.79 Å². The monoisotopic (exact) mass is 435 g/mol. The van der Waals surface area contributed by atoms with Crippen molar-refractivity contribution in [1.29, 1.82) is 5.26 Å². The van der Waals surface area contributed by atoms with Crippen LogP contribution in [0, 0.1) is 11.3 Å². The molecule has 0 N–H and O–H groups in total. The van der Waals surface area contributed by atoms with Crippen molar-refractivity contribution in [2.75, 3.05) is 32.8 Å². The van der Waals surface area contributed by atoms with Crippen molar-refractivity contribution < 1.29 is 22.7 Å². The van der Waals surface area contributed by atoms with Crippen molar-refractivity contribution in [3.8, 4) is 6.07 Å². The molecule has 0 spiro atoms. The third-order valence-electron chi connectivity index (χ3n) is 5.48. The van der Waals surface area contributed by atoms with Crippen LogP contribution in [-0.4, -0.2) is 74.6 Å². The quantitative estimate of drug-likeness (QED) is 0.678. The Labute approximate surface area is 178 Å². The number of carbonyl (C=O) groups is 1. The van der Waals surface area contributed by atoms with E-state index in [-0.39, 0.29) is 35.5 Å². The lowest BCUT2D eigenvalue weighted by Crippen LogP contribution is -2.48. The van der Waals surface area contributed by atoms with E-state index in [1.165, 1.54) is 16.4 Å². The lowest BCUT2D eigenvalue weighted by molar-refractivity contribution is -0.0440. The van der Waals surface area contributed by atoms with Gasteiger partial charge in [0.05, 0.1) is 29.6 Å². The number of ether oxygens (including phenoxy) is 2. The van der Waals surface area contributed by atoms with E-state index in [9.17, 15) is 13.2 Å². The highest BCUT2D eigenvalue weighted by atomic mass is 32.2. The van der Waals surface area contributed by atoms with Gasteiger partial charge in [-0.2, -0.15) is 9.57 Å². The molecular formula is C21H29N3O5S. The number of benzene rings is 1. The third-order valence-corrected chi connectivity index (χ3v) is 7.33. The van der Waals surface area contributed by atoms with Gasteiger partial charge in [-0.15, -0.1) is 0 Å². The summed E-state index contributed by atoms with van der Waals surface area (Å²) < 4.78 is 38.5. The largest absolute Gasteiger partial charge is 0.381 e. The Hall–Kier alpha value is -1.99. The smallest absolute Gasteiger partial charge is 0.254 e. The molecule has 8 nitrogen and oxygen atoms in total. The molecule has 1 amide bonds. The number of nitriles is 1. The Morgan fingerprint density at radius 1 is 1.17 bits per heavy atom. The van der Waals surface area contributed by atoms with Crippen LogP contribution in [0.2, 0.25) is 0 Å². The zero-order valence-electron chi connectivity index (χ0n) is 17.5. The van der Waals surface area contributed by atoms with Gasteiger partial charge in [0.25, 0.3) is 5.91 Å². The van der Waals surface area contributed by atoms with Crippen LogP contribution in [0.4, 0.5) is 0 Å². The summed E-state index contributed by atoms with van der Waals surface area (Å²) in [7, 11) is -3.66. The van der Waals surface area contributed by atoms with Crippen LogP contribution in [-0.2, 0) is 19.5 Å². The average Bonchev–Trinajstić information content (AvgIpc) is 2.74. The Balaban J connectivity index is 1.77. The van der Waals surface area contributed by atoms with Crippen molar-refractivity contribution in [1.82, 2.24) is 9.21 Å². The zero-order chi connectivity index (χ0) is 21.7. The van der Waals surface area contributed by atoms with E-state index in [0.29, 0.717) is 38.4 Å². The van der Waals surface area contributed by atoms with Crippen molar-refractivity contribution in [3.05, 3.63) is 29.8 Å². The van der Waals surface area contributed by atoms with Gasteiger partial charge in [-0.1, -0.05) is 0 Å². The molecule has 1 aromatic carbocycles. The molecule has 0 radical (unpaired) electrons. The molecule has 164 valence electrons. The van der Waals surface area contributed by atoms with Crippen molar-refractivity contribution in [3.63, 3.8) is 0 Å². The van der Waals surface area contributed by atoms with Crippen LogP contribution < -0.4 is 0 Å². The minimum Gasteiger partial charge on any atom is -0.381 e. The van der Waals surface area contributed by atoms with Crippen LogP contribution in [0.3, 0.4) is 0 Å². The standard InChI is InChI=1S/C21H29N3O5S/c1-16-14-23(15-17(2)29-16)30(26,27)20-6-4-18(5-7-20)21(25)24(11-3-10-22)19-8-12-28-13-9-19/h4-7,16-17,19H,3,8-9,11-15H2,1-2H3. The number of hydrogen-bond acceptors (Lipinski definition) is 6. The second kappa shape index (κ2) is 9.88. The fourth-order valence-corrected chi connectivity index (χ4v) is 5.62. The summed E-state index contributed by atoms with van der Waals surface area (Å²) >= 11 is 0. The second-order valence-corrected chi connectivity index (χ2v) is 9.79. The predicted molar refractivity (Wildman–Crippen MR) is 110 cm³/mol. The first kappa shape index (κ1) is 22.7. The topological polar surface area (TPSA) is 99.9 Å². The van der Waals surface area contributed by atoms with Gasteiger partial charge in [0.2, 0.25) is 10.0 Å². The van der Waals surface area contributed by atoms with Crippen LogP contribution >= 0.6 is 0 Å². The molecule has 2 heterocycles. The lowest BCUT2D eigenvalue weighted by atomic mass is 10.0. The maximum Gasteiger partial charge on any atom is 0.254 e. The molecular weight excluding hydrogens is 406 g/mol. The summed E-state index contributed by atoms with van der Waals surface area (Å²) in [5, 5.41) is 8.96. The Kier molecular flexibility index (Phi) is 7.47. The minimum absolute atomic E-state index is 0.0272. The maximum absolute atomic E-state index is 13.1. The molecule has 2 atom stereocenters. The van der Waals surface area contributed by atoms with Gasteiger partial charge in [0.15, 0.2) is 0 Å². The van der Waals surface area contributed by atoms with Crippen molar-refractivity contribution in [2.24, 2.45) is 0 Å². The fraction of sp³-hybridized carbons (Fsp3) is 0.619. The van der Waals surface area contributed by atoms with Gasteiger partial charge in [0, 0.05) is 44.5 Å². The summed E-state index contributed by atoms with van der Waals surface area (Å²) in [6.45, 7) is 5.85. The van der Waals surface area contributed by atoms with Gasteiger partial charge >= 0.3 is 0 Å². The summed E-state index contributed by atoms with van der Waals surface area (Å²) in [5.41, 5.74) is 0.419. The molecule has 0 aromatic heterocycles. The number of rotatable bonds is 6. The maximum atomic E-state index is 13.1. The second-order valence-electron chi connectivity index (χ2n) is 7.85. The molecule has 2 saturated heterocycles. The van der Waals surface area contributed by atoms with Crippen LogP contribution in [0.15, 0.2) is 29.2 Å². The summed E-state index contributed by atoms with van der Waals surface area (Å²) in [5.74, 6) is -0.185. The highest BCUT2D eigenvalue weighted by Gasteiger charge is 2.32. The lowest BCUT2D eigenvalue weighted by Gasteiger charge is -2.34. The van der Waals surface area contributed by atoms with Crippen molar-refractivity contribution in [2.45, 2.75) is 56.3 Å². The Morgan fingerprint density at radius 2 is 1.77 bits per heavy atom. The zero-order valence-corrected chi connectivity index (χ0v) is 18.3. The number of amides is 1. The van der Waals surface area contributed by atoms with Gasteiger partial charge in [-0.25, -0.2) is 8.42 Å². The fourth-order valence-electron chi connectivity index (χ4n) is 4.03. The van der Waals surface area contributed by atoms with Crippen LogP contribution in [0.1, 0.15) is 43.5 Å². The minimum atomic E-state index is -3.66. The predicted octanol–water partition coefficient (Wildman–Crippen LogP) is 2.02. The molecule has 9 heteroatoms. The Bertz CT molecular complexity index is 865. The third kappa shape index (κ3) is 5.19. The van der Waals surface area contributed by atoms with E-state index in [4.69, 9.17) is 14.7 Å². The van der Waals surface area contributed by atoms with Crippen LogP contribution in [0.25, 0.3) is 0 Å². The molecule has 2 aliphatic rings. The molecule has 2 fully saturated rings. The number of nitrogens with zero attached hydrogens (tertiary/aromatic N) is 3. The molecule has 30 heavy (non-hydrogen) atoms. The average molecular weight is 436 g/mol. The summed E-state index contributed by atoms with van der Waals surface area (Å²) in [6, 6.07) is 8.21. The number of sulfonamides is 1. The molecule has 3 rings (SSSR count). The molecule has 0 aliphatic carbocycles. The first-order valence-corrected chi connectivity index (χ1v) is 11.8. The van der Waals surface area contributed by atoms with E-state index in [2.05, 4.69) is 6.07 Å². The normalized spacial score (nSPS) is 23.6. The number of carbonyl (C=O) groups excluding carboxylic acids is 1. The molecule has 1 aromatic rings. The van der Waals surface area contributed by atoms with Crippen LogP contribution in [0.5, 0.6) is 0 Å². The van der Waals surface area contributed by atoms with E-state index in [1.807, 2.05) is 13.8 Å². The highest BCUT2D eigenvalue weighted by Crippen LogP contribution is 2.23. The molecule has 2 aliphatic heterocycles. The number of hydrogen-bond donors (Lipinski definition) is 0. The first-order chi connectivity index (χ1) is 14.3. The number of morpholine rings is 1. The first-order valence-electron chi connectivity index (χ1n) is 10.3. The van der Waals surface area contributed by atoms with E-state index < -0.39 is 10.0 Å². The molecule has 0 saturated carbocycles. The molecule has 2 unspecified atom stereocenters. The molecule has 0 bridgehead atoms.